The van der Waals surface area contributed by atoms with Gasteiger partial charge in [0.05, 0.1) is 0 Å². The van der Waals surface area contributed by atoms with Gasteiger partial charge in [-0.25, -0.2) is 0 Å². The Hall–Kier alpha value is -1.10. The van der Waals surface area contributed by atoms with Crippen LogP contribution in [0, 0.1) is 0 Å². The average Bonchev–Trinajstić information content (AvgIpc) is 2.27. The van der Waals surface area contributed by atoms with Gasteiger partial charge >= 0.3 is 0 Å². The molecule has 1 atom stereocenters. The molecule has 1 unspecified atom stereocenters. The van der Waals surface area contributed by atoms with Crippen molar-refractivity contribution in [2.24, 2.45) is 0 Å². The third-order valence-corrected chi connectivity index (χ3v) is 2.75. The highest BCUT2D eigenvalue weighted by Gasteiger charge is 2.22. The molecule has 1 saturated heterocycles. The fourth-order valence-corrected chi connectivity index (χ4v) is 1.82. The zero-order valence-corrected chi connectivity index (χ0v) is 10.7. The molecule has 17 heavy (non-hydrogen) atoms. The fraction of sp³-hybridized carbons (Fsp3) is 0.833. The van der Waals surface area contributed by atoms with Crippen molar-refractivity contribution in [2.45, 2.75) is 51.6 Å². The minimum absolute atomic E-state index is 0.0300. The van der Waals surface area contributed by atoms with Crippen LogP contribution >= 0.6 is 0 Å². The first-order chi connectivity index (χ1) is 8.09. The van der Waals surface area contributed by atoms with Gasteiger partial charge in [-0.05, 0) is 25.8 Å². The molecule has 1 rings (SSSR count). The maximum atomic E-state index is 11.6. The Morgan fingerprint density at radius 1 is 1.53 bits per heavy atom. The smallest absolute Gasteiger partial charge is 0.242 e. The van der Waals surface area contributed by atoms with Gasteiger partial charge < -0.3 is 16.0 Å². The molecule has 0 bridgehead atoms. The fourth-order valence-electron chi connectivity index (χ4n) is 1.82. The van der Waals surface area contributed by atoms with Crippen molar-refractivity contribution < 1.29 is 9.59 Å². The van der Waals surface area contributed by atoms with Crippen LogP contribution in [0.25, 0.3) is 0 Å². The van der Waals surface area contributed by atoms with E-state index in [1.165, 1.54) is 0 Å². The lowest BCUT2D eigenvalue weighted by Crippen LogP contribution is -2.50. The molecule has 2 amide bonds. The van der Waals surface area contributed by atoms with Crippen molar-refractivity contribution in [3.63, 3.8) is 0 Å². The quantitative estimate of drug-likeness (QED) is 0.580. The van der Waals surface area contributed by atoms with E-state index in [0.717, 1.165) is 32.4 Å². The Morgan fingerprint density at radius 2 is 2.29 bits per heavy atom. The second-order valence-corrected chi connectivity index (χ2v) is 4.77. The van der Waals surface area contributed by atoms with Crippen LogP contribution in [0.15, 0.2) is 0 Å². The first-order valence-corrected chi connectivity index (χ1v) is 6.40. The lowest BCUT2D eigenvalue weighted by molar-refractivity contribution is -0.130. The van der Waals surface area contributed by atoms with E-state index in [2.05, 4.69) is 29.8 Å². The van der Waals surface area contributed by atoms with Crippen molar-refractivity contribution in [3.8, 4) is 0 Å². The molecule has 0 aromatic heterocycles. The van der Waals surface area contributed by atoms with Crippen molar-refractivity contribution in [1.82, 2.24) is 16.0 Å². The minimum atomic E-state index is -0.325. The SMILES string of the molecule is CC(C)NCCCC(=O)NC1CCCNC1=O. The van der Waals surface area contributed by atoms with Gasteiger partial charge in [-0.15, -0.1) is 0 Å². The maximum absolute atomic E-state index is 11.6. The molecule has 1 aliphatic heterocycles. The average molecular weight is 241 g/mol. The first-order valence-electron chi connectivity index (χ1n) is 6.40. The second kappa shape index (κ2) is 7.27. The largest absolute Gasteiger partial charge is 0.354 e. The predicted octanol–water partition coefficient (Wildman–Crippen LogP) is 0.159. The minimum Gasteiger partial charge on any atom is -0.354 e. The van der Waals surface area contributed by atoms with E-state index in [4.69, 9.17) is 0 Å². The number of amides is 2. The van der Waals surface area contributed by atoms with Crippen LogP contribution in [-0.4, -0.2) is 37.0 Å². The molecule has 0 aliphatic carbocycles. The zero-order valence-electron chi connectivity index (χ0n) is 10.7. The first kappa shape index (κ1) is 14.0. The summed E-state index contributed by atoms with van der Waals surface area (Å²) in [5.74, 6) is -0.0810. The lowest BCUT2D eigenvalue weighted by Gasteiger charge is -2.22. The molecular weight excluding hydrogens is 218 g/mol. The van der Waals surface area contributed by atoms with E-state index >= 15 is 0 Å². The van der Waals surface area contributed by atoms with Crippen LogP contribution in [0.5, 0.6) is 0 Å². The van der Waals surface area contributed by atoms with E-state index < -0.39 is 0 Å². The summed E-state index contributed by atoms with van der Waals surface area (Å²) in [5, 5.41) is 8.79. The van der Waals surface area contributed by atoms with Gasteiger partial charge in [-0.2, -0.15) is 0 Å². The lowest BCUT2D eigenvalue weighted by atomic mass is 10.1. The molecule has 0 saturated carbocycles. The molecule has 1 heterocycles. The van der Waals surface area contributed by atoms with E-state index in [1.807, 2.05) is 0 Å². The number of piperidine rings is 1. The summed E-state index contributed by atoms with van der Waals surface area (Å²) < 4.78 is 0. The van der Waals surface area contributed by atoms with Gasteiger partial charge in [0.1, 0.15) is 6.04 Å². The highest BCUT2D eigenvalue weighted by Crippen LogP contribution is 2.03. The molecular formula is C12H23N3O2. The summed E-state index contributed by atoms with van der Waals surface area (Å²) in [6.45, 7) is 5.71. The van der Waals surface area contributed by atoms with Gasteiger partial charge in [0.15, 0.2) is 0 Å². The van der Waals surface area contributed by atoms with Gasteiger partial charge in [0, 0.05) is 19.0 Å². The van der Waals surface area contributed by atoms with Gasteiger partial charge in [-0.1, -0.05) is 13.8 Å². The molecule has 0 spiro atoms. The van der Waals surface area contributed by atoms with Crippen molar-refractivity contribution in [2.75, 3.05) is 13.1 Å². The molecule has 5 heteroatoms. The topological polar surface area (TPSA) is 70.2 Å². The molecule has 0 aromatic rings. The summed E-state index contributed by atoms with van der Waals surface area (Å²) in [6, 6.07) is 0.122. The van der Waals surface area contributed by atoms with Crippen LogP contribution < -0.4 is 16.0 Å². The number of carbonyl (C=O) groups excluding carboxylic acids is 2. The summed E-state index contributed by atoms with van der Waals surface area (Å²) >= 11 is 0. The van der Waals surface area contributed by atoms with Crippen LogP contribution in [0.2, 0.25) is 0 Å². The number of carbonyl (C=O) groups is 2. The van der Waals surface area contributed by atoms with E-state index in [1.54, 1.807) is 0 Å². The summed E-state index contributed by atoms with van der Waals surface area (Å²) in [6.07, 6.45) is 2.97. The van der Waals surface area contributed by atoms with Gasteiger partial charge in [0.25, 0.3) is 0 Å². The number of rotatable bonds is 6. The molecule has 3 N–H and O–H groups in total. The van der Waals surface area contributed by atoms with Crippen molar-refractivity contribution in [3.05, 3.63) is 0 Å². The van der Waals surface area contributed by atoms with E-state index in [-0.39, 0.29) is 17.9 Å². The Kier molecular flexibility index (Phi) is 5.97. The van der Waals surface area contributed by atoms with Gasteiger partial charge in [-0.3, -0.25) is 9.59 Å². The third-order valence-electron chi connectivity index (χ3n) is 2.75. The summed E-state index contributed by atoms with van der Waals surface area (Å²) in [4.78, 5) is 23.0. The molecule has 0 radical (unpaired) electrons. The van der Waals surface area contributed by atoms with Crippen LogP contribution in [-0.2, 0) is 9.59 Å². The highest BCUT2D eigenvalue weighted by molar-refractivity contribution is 5.87. The number of nitrogens with one attached hydrogen (secondary N) is 3. The standard InChI is InChI=1S/C12H23N3O2/c1-9(2)13-7-4-6-11(16)15-10-5-3-8-14-12(10)17/h9-10,13H,3-8H2,1-2H3,(H,14,17)(H,15,16). The Balaban J connectivity index is 2.13. The molecule has 1 aliphatic rings. The highest BCUT2D eigenvalue weighted by atomic mass is 16.2. The number of hydrogen-bond donors (Lipinski definition) is 3. The Labute approximate surface area is 103 Å². The van der Waals surface area contributed by atoms with Crippen LogP contribution in [0.4, 0.5) is 0 Å². The molecule has 0 aromatic carbocycles. The summed E-state index contributed by atoms with van der Waals surface area (Å²) in [5.41, 5.74) is 0. The predicted molar refractivity (Wildman–Crippen MR) is 66.5 cm³/mol. The van der Waals surface area contributed by atoms with Crippen molar-refractivity contribution in [1.29, 1.82) is 0 Å². The maximum Gasteiger partial charge on any atom is 0.242 e. The third kappa shape index (κ3) is 5.68. The molecule has 98 valence electrons. The van der Waals surface area contributed by atoms with E-state index in [9.17, 15) is 9.59 Å². The Bertz CT molecular complexity index is 266. The van der Waals surface area contributed by atoms with Crippen molar-refractivity contribution >= 4 is 11.8 Å². The van der Waals surface area contributed by atoms with Crippen LogP contribution in [0.3, 0.4) is 0 Å². The number of hydrogen-bond acceptors (Lipinski definition) is 3. The van der Waals surface area contributed by atoms with Gasteiger partial charge in [0.2, 0.25) is 11.8 Å². The molecule has 1 fully saturated rings. The van der Waals surface area contributed by atoms with E-state index in [0.29, 0.717) is 12.5 Å². The zero-order chi connectivity index (χ0) is 12.7. The summed E-state index contributed by atoms with van der Waals surface area (Å²) in [7, 11) is 0. The normalized spacial score (nSPS) is 20.2. The second-order valence-electron chi connectivity index (χ2n) is 4.77. The van der Waals surface area contributed by atoms with Crippen LogP contribution in [0.1, 0.15) is 39.5 Å². The molecule has 5 nitrogen and oxygen atoms in total. The Morgan fingerprint density at radius 3 is 2.94 bits per heavy atom. The monoisotopic (exact) mass is 241 g/mol.